The Morgan fingerprint density at radius 1 is 0.900 bits per heavy atom. The van der Waals surface area contributed by atoms with Crippen LogP contribution in [0.5, 0.6) is 23.3 Å². The van der Waals surface area contributed by atoms with E-state index < -0.39 is 18.1 Å². The Morgan fingerprint density at radius 3 is 2.42 bits per heavy atom. The number of unbranched alkanes of at least 4 members (excludes halogenated alkanes) is 1. The molecule has 4 fully saturated rings. The molecule has 4 aliphatic rings. The molecule has 11 rings (SSSR count). The Balaban J connectivity index is 0.601. The lowest BCUT2D eigenvalue weighted by Gasteiger charge is -2.43. The number of fused-ring (bicyclic) bond motifs is 2. The minimum Gasteiger partial charge on any atom is -0.507 e. The van der Waals surface area contributed by atoms with Gasteiger partial charge in [0.05, 0.1) is 52.4 Å². The maximum atomic E-state index is 14.2. The molecule has 2 aromatic carbocycles. The van der Waals surface area contributed by atoms with Crippen molar-refractivity contribution in [1.82, 2.24) is 40.5 Å². The lowest BCUT2D eigenvalue weighted by molar-refractivity contribution is -0.141. The number of aromatic hydroxyl groups is 1. The molecule has 2 amide bonds. The maximum absolute atomic E-state index is 14.2. The molecule has 1 aliphatic carbocycles. The van der Waals surface area contributed by atoms with Crippen molar-refractivity contribution >= 4 is 40.3 Å². The molecule has 3 saturated heterocycles. The van der Waals surface area contributed by atoms with Crippen molar-refractivity contribution in [3.63, 3.8) is 0 Å². The van der Waals surface area contributed by atoms with Crippen molar-refractivity contribution in [3.8, 4) is 56.8 Å². The predicted octanol–water partition coefficient (Wildman–Crippen LogP) is 8.28. The van der Waals surface area contributed by atoms with Crippen molar-refractivity contribution in [2.75, 3.05) is 41.8 Å². The number of pyridine rings is 2. The first kappa shape index (κ1) is 53.7. The maximum Gasteiger partial charge on any atom is 0.254 e. The van der Waals surface area contributed by atoms with Crippen LogP contribution in [-0.4, -0.2) is 120 Å². The van der Waals surface area contributed by atoms with Gasteiger partial charge in [-0.3, -0.25) is 9.59 Å². The van der Waals surface area contributed by atoms with Crippen molar-refractivity contribution in [2.24, 2.45) is 5.92 Å². The molecule has 5 aromatic heterocycles. The van der Waals surface area contributed by atoms with Gasteiger partial charge in [0.1, 0.15) is 41.4 Å². The Morgan fingerprint density at radius 2 is 1.69 bits per heavy atom. The molecule has 6 atom stereocenters. The lowest BCUT2D eigenvalue weighted by Crippen LogP contribution is -2.54. The highest BCUT2D eigenvalue weighted by molar-refractivity contribution is 7.13. The highest BCUT2D eigenvalue weighted by Gasteiger charge is 2.44. The Hall–Kier alpha value is -8.28. The summed E-state index contributed by atoms with van der Waals surface area (Å²) in [6, 6.07) is 25.9. The van der Waals surface area contributed by atoms with Gasteiger partial charge in [-0.25, -0.2) is 15.0 Å². The van der Waals surface area contributed by atoms with E-state index in [9.17, 15) is 19.8 Å². The van der Waals surface area contributed by atoms with Crippen LogP contribution in [0.4, 0.5) is 17.2 Å². The number of nitrogens with one attached hydrogen (secondary N) is 1. The summed E-state index contributed by atoms with van der Waals surface area (Å²) in [7, 11) is 0. The second-order valence-electron chi connectivity index (χ2n) is 21.5. The number of hydrogen-bond acceptors (Lipinski definition) is 18. The molecule has 0 radical (unpaired) electrons. The van der Waals surface area contributed by atoms with E-state index in [2.05, 4.69) is 63.3 Å². The van der Waals surface area contributed by atoms with E-state index in [1.54, 1.807) is 35.7 Å². The number of hydrogen-bond donors (Lipinski definition) is 4. The number of ether oxygens (including phenoxy) is 3. The molecule has 2 unspecified atom stereocenters. The molecule has 414 valence electrons. The summed E-state index contributed by atoms with van der Waals surface area (Å²) >= 11 is 1.58. The van der Waals surface area contributed by atoms with E-state index >= 15 is 0 Å². The number of anilines is 3. The number of nitrogen functional groups attached to an aromatic ring is 1. The topological polar surface area (TPSA) is 241 Å². The number of nitrogens with zero attached hydrogens (tertiary/aromatic N) is 9. The zero-order chi connectivity index (χ0) is 55.4. The van der Waals surface area contributed by atoms with Crippen LogP contribution in [0.2, 0.25) is 0 Å². The van der Waals surface area contributed by atoms with Crippen LogP contribution < -0.4 is 35.1 Å². The number of likely N-dealkylation sites (tertiary alicyclic amines) is 1. The highest BCUT2D eigenvalue weighted by Crippen LogP contribution is 2.41. The average Bonchev–Trinajstić information content (AvgIpc) is 4.27. The van der Waals surface area contributed by atoms with Gasteiger partial charge in [-0.15, -0.1) is 21.5 Å². The number of phenolic OH excluding ortho intramolecular Hbond substituents is 1. The van der Waals surface area contributed by atoms with Gasteiger partial charge in [-0.1, -0.05) is 56.2 Å². The molecule has 3 aliphatic heterocycles. The lowest BCUT2D eigenvalue weighted by atomic mass is 9.91. The first-order chi connectivity index (χ1) is 38.8. The Bertz CT molecular complexity index is 3360. The van der Waals surface area contributed by atoms with Crippen LogP contribution in [0.1, 0.15) is 100 Å². The SMILES string of the molecule is Cc1ncsc1-c1ccc([C@H](C)NC(=O)[C@@H]2C[C@@H](O)CN2C(=O)[C@@H](c2cc(OCCCC#Cc3ccc(O[C@H]4C[C@H](Oc5cc(N6C7CCC6CN(c6cc(-c8ccccc8O)nnc6N)C7)ccn5)C4)cn3)no2)C(C)C)cc1. The quantitative estimate of drug-likeness (QED) is 0.0467. The van der Waals surface area contributed by atoms with Crippen molar-refractivity contribution in [2.45, 2.75) is 121 Å². The van der Waals surface area contributed by atoms with Crippen molar-refractivity contribution in [1.29, 1.82) is 0 Å². The fourth-order valence-corrected chi connectivity index (χ4v) is 12.1. The normalized spacial score (nSPS) is 21.1. The van der Waals surface area contributed by atoms with Crippen molar-refractivity contribution < 1.29 is 38.5 Å². The monoisotopic (exact) mass is 1100 g/mol. The Kier molecular flexibility index (Phi) is 15.8. The molecule has 5 N–H and O–H groups in total. The van der Waals surface area contributed by atoms with Gasteiger partial charge >= 0.3 is 0 Å². The van der Waals surface area contributed by atoms with Crippen LogP contribution in [0.15, 0.2) is 107 Å². The summed E-state index contributed by atoms with van der Waals surface area (Å²) in [5, 5.41) is 36.8. The second-order valence-corrected chi connectivity index (χ2v) is 22.3. The summed E-state index contributed by atoms with van der Waals surface area (Å²) in [6.45, 7) is 9.61. The van der Waals surface area contributed by atoms with E-state index in [0.29, 0.717) is 59.6 Å². The summed E-state index contributed by atoms with van der Waals surface area (Å²) < 4.78 is 24.1. The van der Waals surface area contributed by atoms with Crippen LogP contribution in [0.3, 0.4) is 0 Å². The zero-order valence-electron chi connectivity index (χ0n) is 45.1. The number of amides is 2. The van der Waals surface area contributed by atoms with E-state index in [0.717, 1.165) is 71.8 Å². The number of aryl methyl sites for hydroxylation is 1. The highest BCUT2D eigenvalue weighted by atomic mass is 32.1. The van der Waals surface area contributed by atoms with Gasteiger partial charge in [0.25, 0.3) is 5.88 Å². The molecule has 0 spiro atoms. The average molecular weight is 1100 g/mol. The van der Waals surface area contributed by atoms with Gasteiger partial charge in [0, 0.05) is 87.0 Å². The molecule has 20 heteroatoms. The molecular weight excluding hydrogens is 1030 g/mol. The standard InChI is InChI=1S/C60H65N11O8S/c1-35(2)56(60(75)70-33-44(72)25-51(70)59(74)65-36(3)38-13-15-39(16-14-38)57-37(4)64-34-80-57)53-29-55(68-79-53)76-23-9-5-6-10-40-17-20-45(30-63-40)77-46-26-47(27-46)78-54-24-41(21-22-62-54)71-42-18-19-43(71)32-69(31-42)50-28-49(66-67-58(50)61)48-11-7-8-12-52(48)73/h7-8,11-17,20-22,24,28-30,34-36,42-44,46-47,51,56,72-73H,5,9,18-19,23,25-27,31-33H2,1-4H3,(H2,61,67)(H,65,74)/t36-,42?,43?,44+,46-,47-,51-,56+/m0/s1. The van der Waals surface area contributed by atoms with Crippen LogP contribution in [0, 0.1) is 24.7 Å². The van der Waals surface area contributed by atoms with Gasteiger partial charge in [-0.05, 0) is 97.6 Å². The largest absolute Gasteiger partial charge is 0.507 e. The molecule has 8 heterocycles. The third kappa shape index (κ3) is 11.8. The number of aliphatic hydroxyl groups is 1. The number of piperazine rings is 1. The van der Waals surface area contributed by atoms with Gasteiger partial charge in [0.2, 0.25) is 17.7 Å². The Labute approximate surface area is 468 Å². The predicted molar refractivity (Wildman–Crippen MR) is 302 cm³/mol. The first-order valence-corrected chi connectivity index (χ1v) is 28.3. The number of aliphatic hydroxyl groups excluding tert-OH is 1. The minimum absolute atomic E-state index is 0.000966. The number of carbonyl (C=O) groups excluding carboxylic acids is 2. The van der Waals surface area contributed by atoms with Gasteiger partial charge in [0.15, 0.2) is 11.6 Å². The van der Waals surface area contributed by atoms with Gasteiger partial charge < -0.3 is 54.7 Å². The number of β-amino-alcohol motifs (C(OH)–C–C–N with tert-alkyl or cyclic N) is 1. The van der Waals surface area contributed by atoms with Crippen molar-refractivity contribution in [3.05, 3.63) is 126 Å². The summed E-state index contributed by atoms with van der Waals surface area (Å²) in [5.41, 5.74) is 14.9. The summed E-state index contributed by atoms with van der Waals surface area (Å²) in [4.78, 5) is 48.7. The molecular formula is C60H65N11O8S. The number of para-hydroxylation sites is 1. The third-order valence-corrected chi connectivity index (χ3v) is 16.5. The molecule has 80 heavy (non-hydrogen) atoms. The minimum atomic E-state index is -0.844. The second kappa shape index (κ2) is 23.6. The fourth-order valence-electron chi connectivity index (χ4n) is 11.3. The first-order valence-electron chi connectivity index (χ1n) is 27.4. The number of aromatic nitrogens is 6. The van der Waals surface area contributed by atoms with Crippen LogP contribution in [0.25, 0.3) is 21.7 Å². The molecule has 1 saturated carbocycles. The van der Waals surface area contributed by atoms with Gasteiger partial charge in [-0.2, -0.15) is 0 Å². The van der Waals surface area contributed by atoms with E-state index in [4.69, 9.17) is 24.5 Å². The number of phenols is 1. The van der Waals surface area contributed by atoms with Crippen LogP contribution in [-0.2, 0) is 9.59 Å². The number of nitrogens with two attached hydrogens (primary N) is 1. The molecule has 7 aromatic rings. The van der Waals surface area contributed by atoms with E-state index in [-0.39, 0.29) is 72.7 Å². The summed E-state index contributed by atoms with van der Waals surface area (Å²) in [5.74, 6) is 7.06. The third-order valence-electron chi connectivity index (χ3n) is 15.5. The van der Waals surface area contributed by atoms with E-state index in [1.165, 1.54) is 4.90 Å². The molecule has 19 nitrogen and oxygen atoms in total. The number of thiazole rings is 1. The zero-order valence-corrected chi connectivity index (χ0v) is 46.0. The fraction of sp³-hybridized carbons (Fsp3) is 0.400. The van der Waals surface area contributed by atoms with E-state index in [1.807, 2.05) is 100 Å². The number of rotatable bonds is 18. The van der Waals surface area contributed by atoms with Crippen LogP contribution >= 0.6 is 11.3 Å². The number of benzene rings is 2. The number of carbonyl (C=O) groups is 2. The smallest absolute Gasteiger partial charge is 0.254 e. The molecule has 2 bridgehead atoms. The summed E-state index contributed by atoms with van der Waals surface area (Å²) in [6.07, 6.45) is 7.53.